The quantitative estimate of drug-likeness (QED) is 0.626. The predicted molar refractivity (Wildman–Crippen MR) is 99.3 cm³/mol. The highest BCUT2D eigenvalue weighted by atomic mass is 16.5. The SMILES string of the molecule is CCOC(=O)Cn1c(=O)c2c(nc3n2CCN3c2ccccc2)n(C)c1=O. The third kappa shape index (κ3) is 2.62. The number of rotatable bonds is 4. The molecule has 1 aliphatic heterocycles. The number of nitrogens with zero attached hydrogens (tertiary/aromatic N) is 5. The first kappa shape index (κ1) is 17.1. The van der Waals surface area contributed by atoms with Crippen LogP contribution in [0.15, 0.2) is 39.9 Å². The van der Waals surface area contributed by atoms with Crippen molar-refractivity contribution in [1.29, 1.82) is 0 Å². The zero-order valence-corrected chi connectivity index (χ0v) is 15.1. The van der Waals surface area contributed by atoms with Gasteiger partial charge < -0.3 is 14.2 Å². The Morgan fingerprint density at radius 3 is 2.63 bits per heavy atom. The first-order valence-electron chi connectivity index (χ1n) is 8.71. The van der Waals surface area contributed by atoms with Crippen molar-refractivity contribution in [3.05, 3.63) is 51.2 Å². The predicted octanol–water partition coefficient (Wildman–Crippen LogP) is 0.611. The van der Waals surface area contributed by atoms with Gasteiger partial charge in [0.1, 0.15) is 6.54 Å². The first-order chi connectivity index (χ1) is 13.0. The van der Waals surface area contributed by atoms with E-state index < -0.39 is 23.8 Å². The molecule has 0 radical (unpaired) electrons. The molecule has 9 heteroatoms. The number of aryl methyl sites for hydroxylation is 1. The fourth-order valence-corrected chi connectivity index (χ4v) is 3.41. The highest BCUT2D eigenvalue weighted by molar-refractivity contribution is 5.78. The molecule has 3 heterocycles. The number of aromatic nitrogens is 4. The molecule has 0 saturated heterocycles. The van der Waals surface area contributed by atoms with Crippen LogP contribution in [0.5, 0.6) is 0 Å². The topological polar surface area (TPSA) is 91.4 Å². The number of para-hydroxylation sites is 1. The molecule has 1 aromatic carbocycles. The highest BCUT2D eigenvalue weighted by Crippen LogP contribution is 2.31. The van der Waals surface area contributed by atoms with Gasteiger partial charge in [-0.25, -0.2) is 9.36 Å². The van der Waals surface area contributed by atoms with Crippen LogP contribution >= 0.6 is 0 Å². The number of esters is 1. The number of hydrogen-bond acceptors (Lipinski definition) is 6. The summed E-state index contributed by atoms with van der Waals surface area (Å²) < 4.78 is 8.88. The Labute approximate surface area is 154 Å². The highest BCUT2D eigenvalue weighted by Gasteiger charge is 2.29. The molecular formula is C18H19N5O4. The van der Waals surface area contributed by atoms with Crippen molar-refractivity contribution < 1.29 is 9.53 Å². The van der Waals surface area contributed by atoms with Gasteiger partial charge in [-0.3, -0.25) is 14.2 Å². The summed E-state index contributed by atoms with van der Waals surface area (Å²) in [5.41, 5.74) is 0.456. The largest absolute Gasteiger partial charge is 0.465 e. The number of hydrogen-bond donors (Lipinski definition) is 0. The van der Waals surface area contributed by atoms with Crippen LogP contribution in [-0.2, 0) is 29.7 Å². The Balaban J connectivity index is 1.89. The lowest BCUT2D eigenvalue weighted by Gasteiger charge is -2.15. The summed E-state index contributed by atoms with van der Waals surface area (Å²) in [4.78, 5) is 43.9. The Morgan fingerprint density at radius 1 is 1.19 bits per heavy atom. The van der Waals surface area contributed by atoms with Crippen LogP contribution in [0.4, 0.5) is 11.6 Å². The number of benzene rings is 1. The van der Waals surface area contributed by atoms with Gasteiger partial charge in [0, 0.05) is 25.8 Å². The van der Waals surface area contributed by atoms with E-state index in [9.17, 15) is 14.4 Å². The maximum atomic E-state index is 13.0. The third-order valence-electron chi connectivity index (χ3n) is 4.66. The third-order valence-corrected chi connectivity index (χ3v) is 4.66. The van der Waals surface area contributed by atoms with Crippen molar-refractivity contribution >= 4 is 28.8 Å². The monoisotopic (exact) mass is 369 g/mol. The Morgan fingerprint density at radius 2 is 1.93 bits per heavy atom. The van der Waals surface area contributed by atoms with E-state index in [0.29, 0.717) is 30.2 Å². The summed E-state index contributed by atoms with van der Waals surface area (Å²) in [5.74, 6) is -0.0136. The van der Waals surface area contributed by atoms with Crippen molar-refractivity contribution in [3.63, 3.8) is 0 Å². The van der Waals surface area contributed by atoms with E-state index in [4.69, 9.17) is 4.74 Å². The maximum absolute atomic E-state index is 13.0. The molecular weight excluding hydrogens is 350 g/mol. The molecule has 0 spiro atoms. The Kier molecular flexibility index (Phi) is 4.06. The molecule has 9 nitrogen and oxygen atoms in total. The van der Waals surface area contributed by atoms with Crippen LogP contribution in [0.3, 0.4) is 0 Å². The van der Waals surface area contributed by atoms with Gasteiger partial charge in [0.25, 0.3) is 5.56 Å². The van der Waals surface area contributed by atoms with Crippen LogP contribution < -0.4 is 16.1 Å². The second-order valence-electron chi connectivity index (χ2n) is 6.26. The van der Waals surface area contributed by atoms with E-state index in [-0.39, 0.29) is 6.61 Å². The van der Waals surface area contributed by atoms with E-state index in [0.717, 1.165) is 10.3 Å². The first-order valence-corrected chi connectivity index (χ1v) is 8.71. The summed E-state index contributed by atoms with van der Waals surface area (Å²) in [6.07, 6.45) is 0. The van der Waals surface area contributed by atoms with Gasteiger partial charge in [-0.05, 0) is 19.1 Å². The molecule has 0 fully saturated rings. The molecule has 0 saturated carbocycles. The molecule has 4 rings (SSSR count). The van der Waals surface area contributed by atoms with E-state index in [1.807, 2.05) is 35.2 Å². The zero-order chi connectivity index (χ0) is 19.1. The molecule has 0 amide bonds. The van der Waals surface area contributed by atoms with Crippen molar-refractivity contribution in [2.45, 2.75) is 20.0 Å². The molecule has 0 unspecified atom stereocenters. The van der Waals surface area contributed by atoms with Crippen LogP contribution in [0, 0.1) is 0 Å². The van der Waals surface area contributed by atoms with E-state index in [1.54, 1.807) is 18.5 Å². The summed E-state index contributed by atoms with van der Waals surface area (Å²) >= 11 is 0. The second-order valence-corrected chi connectivity index (χ2v) is 6.26. The number of carbonyl (C=O) groups excluding carboxylic acids is 1. The van der Waals surface area contributed by atoms with Gasteiger partial charge in [-0.1, -0.05) is 18.2 Å². The molecule has 1 aliphatic rings. The van der Waals surface area contributed by atoms with Gasteiger partial charge in [-0.15, -0.1) is 0 Å². The number of anilines is 2. The Hall–Kier alpha value is -3.36. The number of ether oxygens (including phenoxy) is 1. The summed E-state index contributed by atoms with van der Waals surface area (Å²) in [6, 6.07) is 9.73. The average molecular weight is 369 g/mol. The van der Waals surface area contributed by atoms with Gasteiger partial charge >= 0.3 is 11.7 Å². The standard InChI is InChI=1S/C18H19N5O4/c1-3-27-13(24)11-23-16(25)14-15(20(2)18(23)26)19-17-21(9-10-22(14)17)12-7-5-4-6-8-12/h4-8H,3,9-11H2,1-2H3. The lowest BCUT2D eigenvalue weighted by Crippen LogP contribution is -2.41. The lowest BCUT2D eigenvalue weighted by atomic mass is 10.3. The molecule has 0 bridgehead atoms. The molecule has 27 heavy (non-hydrogen) atoms. The van der Waals surface area contributed by atoms with Gasteiger partial charge in [0.2, 0.25) is 5.95 Å². The molecule has 140 valence electrons. The molecule has 0 aliphatic carbocycles. The van der Waals surface area contributed by atoms with E-state index in [2.05, 4.69) is 4.98 Å². The number of fused-ring (bicyclic) bond motifs is 3. The lowest BCUT2D eigenvalue weighted by molar-refractivity contribution is -0.143. The minimum absolute atomic E-state index is 0.185. The summed E-state index contributed by atoms with van der Waals surface area (Å²) in [5, 5.41) is 0. The fourth-order valence-electron chi connectivity index (χ4n) is 3.41. The average Bonchev–Trinajstić information content (AvgIpc) is 3.23. The summed E-state index contributed by atoms with van der Waals surface area (Å²) in [6.45, 7) is 2.67. The van der Waals surface area contributed by atoms with Crippen molar-refractivity contribution in [3.8, 4) is 0 Å². The molecule has 3 aromatic rings. The van der Waals surface area contributed by atoms with Crippen LogP contribution in [-0.4, -0.2) is 37.8 Å². The normalized spacial score (nSPS) is 13.2. The number of imidazole rings is 1. The van der Waals surface area contributed by atoms with Crippen molar-refractivity contribution in [2.24, 2.45) is 7.05 Å². The van der Waals surface area contributed by atoms with E-state index in [1.165, 1.54) is 4.57 Å². The zero-order valence-electron chi connectivity index (χ0n) is 15.1. The van der Waals surface area contributed by atoms with Gasteiger partial charge in [0.05, 0.1) is 6.61 Å². The molecule has 0 atom stereocenters. The molecule has 0 N–H and O–H groups in total. The fraction of sp³-hybridized carbons (Fsp3) is 0.333. The molecule has 2 aromatic heterocycles. The van der Waals surface area contributed by atoms with Crippen molar-refractivity contribution in [2.75, 3.05) is 18.1 Å². The minimum Gasteiger partial charge on any atom is -0.465 e. The van der Waals surface area contributed by atoms with Crippen LogP contribution in [0.2, 0.25) is 0 Å². The van der Waals surface area contributed by atoms with Crippen LogP contribution in [0.25, 0.3) is 11.2 Å². The number of carbonyl (C=O) groups is 1. The van der Waals surface area contributed by atoms with E-state index >= 15 is 0 Å². The van der Waals surface area contributed by atoms with Crippen LogP contribution in [0.1, 0.15) is 6.92 Å². The Bertz CT molecular complexity index is 1140. The second kappa shape index (κ2) is 6.42. The maximum Gasteiger partial charge on any atom is 0.333 e. The van der Waals surface area contributed by atoms with Crippen molar-refractivity contribution in [1.82, 2.24) is 18.7 Å². The van der Waals surface area contributed by atoms with Gasteiger partial charge in [0.15, 0.2) is 11.2 Å². The van der Waals surface area contributed by atoms with Gasteiger partial charge in [-0.2, -0.15) is 4.98 Å². The summed E-state index contributed by atoms with van der Waals surface area (Å²) in [7, 11) is 1.54. The smallest absolute Gasteiger partial charge is 0.333 e. The minimum atomic E-state index is -0.622.